The quantitative estimate of drug-likeness (QED) is 0.828. The molecule has 84 valence electrons. The predicted octanol–water partition coefficient (Wildman–Crippen LogP) is 2.68. The average molecular weight is 234 g/mol. The zero-order chi connectivity index (χ0) is 9.97. The Morgan fingerprint density at radius 2 is 2.13 bits per heavy atom. The van der Waals surface area contributed by atoms with Crippen LogP contribution < -0.4 is 5.32 Å². The van der Waals surface area contributed by atoms with E-state index in [4.69, 9.17) is 0 Å². The molecular formula is C11H14ClF2N. The number of nitrogens with one attached hydrogen (secondary N) is 1. The summed E-state index contributed by atoms with van der Waals surface area (Å²) in [7, 11) is 0. The van der Waals surface area contributed by atoms with Crippen molar-refractivity contribution in [2.75, 3.05) is 6.54 Å². The maximum absolute atomic E-state index is 13.3. The molecule has 0 aliphatic carbocycles. The van der Waals surface area contributed by atoms with Crippen LogP contribution in [0.25, 0.3) is 0 Å². The third-order valence-corrected chi connectivity index (χ3v) is 2.66. The Hall–Kier alpha value is -0.670. The molecule has 1 saturated heterocycles. The van der Waals surface area contributed by atoms with Gasteiger partial charge in [-0.1, -0.05) is 12.1 Å². The van der Waals surface area contributed by atoms with Gasteiger partial charge in [0.15, 0.2) is 11.6 Å². The van der Waals surface area contributed by atoms with Gasteiger partial charge in [-0.15, -0.1) is 12.4 Å². The van der Waals surface area contributed by atoms with Crippen LogP contribution in [0.5, 0.6) is 0 Å². The molecule has 0 radical (unpaired) electrons. The summed E-state index contributed by atoms with van der Waals surface area (Å²) in [5.74, 6) is -1.44. The maximum atomic E-state index is 13.3. The topological polar surface area (TPSA) is 12.0 Å². The van der Waals surface area contributed by atoms with E-state index >= 15 is 0 Å². The molecule has 0 aromatic heterocycles. The SMILES string of the molecule is Cl.Fc1cccc(CC2CCCN2)c1F. The summed E-state index contributed by atoms with van der Waals surface area (Å²) in [5, 5.41) is 3.26. The lowest BCUT2D eigenvalue weighted by Crippen LogP contribution is -2.24. The van der Waals surface area contributed by atoms with Gasteiger partial charge in [-0.3, -0.25) is 0 Å². The number of halogens is 3. The van der Waals surface area contributed by atoms with E-state index in [2.05, 4.69) is 5.32 Å². The first-order chi connectivity index (χ1) is 6.77. The summed E-state index contributed by atoms with van der Waals surface area (Å²) in [6.07, 6.45) is 2.77. The highest BCUT2D eigenvalue weighted by Crippen LogP contribution is 2.16. The van der Waals surface area contributed by atoms with Gasteiger partial charge in [-0.05, 0) is 37.4 Å². The Morgan fingerprint density at radius 1 is 1.33 bits per heavy atom. The molecule has 4 heteroatoms. The van der Waals surface area contributed by atoms with Crippen molar-refractivity contribution in [3.63, 3.8) is 0 Å². The van der Waals surface area contributed by atoms with Crippen LogP contribution >= 0.6 is 12.4 Å². The van der Waals surface area contributed by atoms with Crippen molar-refractivity contribution in [1.82, 2.24) is 5.32 Å². The minimum Gasteiger partial charge on any atom is -0.314 e. The molecule has 15 heavy (non-hydrogen) atoms. The van der Waals surface area contributed by atoms with Crippen LogP contribution in [0.3, 0.4) is 0 Å². The lowest BCUT2D eigenvalue weighted by atomic mass is 10.0. The van der Waals surface area contributed by atoms with Crippen molar-refractivity contribution >= 4 is 12.4 Å². The maximum Gasteiger partial charge on any atom is 0.162 e. The molecule has 1 aliphatic heterocycles. The Labute approximate surface area is 94.3 Å². The van der Waals surface area contributed by atoms with Crippen molar-refractivity contribution < 1.29 is 8.78 Å². The highest BCUT2D eigenvalue weighted by Gasteiger charge is 2.17. The first-order valence-electron chi connectivity index (χ1n) is 4.93. The minimum atomic E-state index is -0.750. The van der Waals surface area contributed by atoms with Gasteiger partial charge in [-0.25, -0.2) is 8.78 Å². The van der Waals surface area contributed by atoms with Crippen LogP contribution in [0, 0.1) is 11.6 Å². The van der Waals surface area contributed by atoms with Gasteiger partial charge in [-0.2, -0.15) is 0 Å². The van der Waals surface area contributed by atoms with Crippen LogP contribution in [0.1, 0.15) is 18.4 Å². The molecular weight excluding hydrogens is 220 g/mol. The summed E-state index contributed by atoms with van der Waals surface area (Å²) in [4.78, 5) is 0. The predicted molar refractivity (Wildman–Crippen MR) is 58.3 cm³/mol. The van der Waals surface area contributed by atoms with E-state index in [9.17, 15) is 8.78 Å². The van der Waals surface area contributed by atoms with Gasteiger partial charge >= 0.3 is 0 Å². The average Bonchev–Trinajstić information content (AvgIpc) is 2.66. The van der Waals surface area contributed by atoms with Gasteiger partial charge < -0.3 is 5.32 Å². The van der Waals surface area contributed by atoms with E-state index in [0.717, 1.165) is 25.5 Å². The highest BCUT2D eigenvalue weighted by molar-refractivity contribution is 5.85. The van der Waals surface area contributed by atoms with Crippen molar-refractivity contribution in [3.05, 3.63) is 35.4 Å². The lowest BCUT2D eigenvalue weighted by molar-refractivity contribution is 0.488. The van der Waals surface area contributed by atoms with E-state index in [1.807, 2.05) is 0 Å². The van der Waals surface area contributed by atoms with Gasteiger partial charge in [0.2, 0.25) is 0 Å². The number of rotatable bonds is 2. The number of hydrogen-bond acceptors (Lipinski definition) is 1. The van der Waals surface area contributed by atoms with Crippen LogP contribution in [0.4, 0.5) is 8.78 Å². The lowest BCUT2D eigenvalue weighted by Gasteiger charge is -2.10. The fraction of sp³-hybridized carbons (Fsp3) is 0.455. The van der Waals surface area contributed by atoms with E-state index < -0.39 is 11.6 Å². The van der Waals surface area contributed by atoms with Crippen molar-refractivity contribution in [3.8, 4) is 0 Å². The van der Waals surface area contributed by atoms with Crippen LogP contribution in [-0.2, 0) is 6.42 Å². The van der Waals surface area contributed by atoms with Crippen LogP contribution in [0.15, 0.2) is 18.2 Å². The zero-order valence-electron chi connectivity index (χ0n) is 8.30. The largest absolute Gasteiger partial charge is 0.314 e. The van der Waals surface area contributed by atoms with Crippen molar-refractivity contribution in [2.24, 2.45) is 0 Å². The second-order valence-corrected chi connectivity index (χ2v) is 3.71. The van der Waals surface area contributed by atoms with Crippen LogP contribution in [-0.4, -0.2) is 12.6 Å². The summed E-state index contributed by atoms with van der Waals surface area (Å²) in [6, 6.07) is 4.67. The molecule has 1 heterocycles. The van der Waals surface area contributed by atoms with Gasteiger partial charge in [0.25, 0.3) is 0 Å². The Balaban J connectivity index is 0.00000112. The summed E-state index contributed by atoms with van der Waals surface area (Å²) in [5.41, 5.74) is 0.476. The highest BCUT2D eigenvalue weighted by atomic mass is 35.5. The molecule has 1 atom stereocenters. The van der Waals surface area contributed by atoms with E-state index in [1.54, 1.807) is 12.1 Å². The van der Waals surface area contributed by atoms with E-state index in [-0.39, 0.29) is 12.4 Å². The molecule has 1 unspecified atom stereocenters. The first-order valence-corrected chi connectivity index (χ1v) is 4.93. The number of benzene rings is 1. The smallest absolute Gasteiger partial charge is 0.162 e. The normalized spacial score (nSPS) is 20.0. The van der Waals surface area contributed by atoms with Crippen LogP contribution in [0.2, 0.25) is 0 Å². The Bertz CT molecular complexity index is 324. The molecule has 1 nitrogen and oxygen atoms in total. The molecule has 1 fully saturated rings. The second kappa shape index (κ2) is 5.42. The number of hydrogen-bond donors (Lipinski definition) is 1. The van der Waals surface area contributed by atoms with Gasteiger partial charge in [0, 0.05) is 6.04 Å². The fourth-order valence-electron chi connectivity index (χ4n) is 1.90. The molecule has 0 spiro atoms. The zero-order valence-corrected chi connectivity index (χ0v) is 9.12. The summed E-state index contributed by atoms with van der Waals surface area (Å²) < 4.78 is 26.1. The molecule has 2 rings (SSSR count). The summed E-state index contributed by atoms with van der Waals surface area (Å²) in [6.45, 7) is 0.988. The molecule has 1 N–H and O–H groups in total. The Kier molecular flexibility index (Phi) is 4.48. The minimum absolute atomic E-state index is 0. The van der Waals surface area contributed by atoms with Crippen molar-refractivity contribution in [1.29, 1.82) is 0 Å². The third kappa shape index (κ3) is 2.89. The standard InChI is InChI=1S/C11H13F2N.ClH/c12-10-5-1-3-8(11(10)13)7-9-4-2-6-14-9;/h1,3,5,9,14H,2,4,6-7H2;1H. The third-order valence-electron chi connectivity index (χ3n) is 2.66. The molecule has 1 aliphatic rings. The van der Waals surface area contributed by atoms with E-state index in [1.165, 1.54) is 0 Å². The monoisotopic (exact) mass is 233 g/mol. The molecule has 1 aromatic carbocycles. The Morgan fingerprint density at radius 3 is 2.80 bits per heavy atom. The molecule has 0 bridgehead atoms. The second-order valence-electron chi connectivity index (χ2n) is 3.71. The van der Waals surface area contributed by atoms with Crippen molar-refractivity contribution in [2.45, 2.75) is 25.3 Å². The van der Waals surface area contributed by atoms with Gasteiger partial charge in [0.1, 0.15) is 0 Å². The first kappa shape index (κ1) is 12.4. The van der Waals surface area contributed by atoms with Gasteiger partial charge in [0.05, 0.1) is 0 Å². The molecule has 0 amide bonds. The summed E-state index contributed by atoms with van der Waals surface area (Å²) >= 11 is 0. The fourth-order valence-corrected chi connectivity index (χ4v) is 1.90. The van der Waals surface area contributed by atoms with E-state index in [0.29, 0.717) is 18.0 Å². The molecule has 0 saturated carbocycles. The molecule has 1 aromatic rings.